The van der Waals surface area contributed by atoms with Gasteiger partial charge in [-0.2, -0.15) is 0 Å². The number of hydrogen-bond acceptors (Lipinski definition) is 4. The standard InChI is InChI=1S/C20H38N4O3.HI/c1-4-21-20(23-18-6-10-24(14-18)19(25)16(2)3)22-9-5-11-27-15-17-7-12-26-13-8-17;/h16-18H,4-15H2,1-3H3,(H2,21,22,23);1H. The van der Waals surface area contributed by atoms with Crippen LogP contribution in [0.4, 0.5) is 0 Å². The number of likely N-dealkylation sites (tertiary alicyclic amines) is 1. The summed E-state index contributed by atoms with van der Waals surface area (Å²) in [5.74, 6) is 1.79. The van der Waals surface area contributed by atoms with Crippen LogP contribution in [0.1, 0.15) is 46.5 Å². The Balaban J connectivity index is 0.00000392. The average molecular weight is 510 g/mol. The average Bonchev–Trinajstić information content (AvgIpc) is 3.13. The van der Waals surface area contributed by atoms with Gasteiger partial charge in [0.25, 0.3) is 0 Å². The van der Waals surface area contributed by atoms with Crippen molar-refractivity contribution in [1.29, 1.82) is 0 Å². The lowest BCUT2D eigenvalue weighted by Crippen LogP contribution is -2.45. The quantitative estimate of drug-likeness (QED) is 0.216. The minimum Gasteiger partial charge on any atom is -0.381 e. The first-order chi connectivity index (χ1) is 13.1. The largest absolute Gasteiger partial charge is 0.381 e. The molecule has 2 rings (SSSR count). The number of hydrogen-bond donors (Lipinski definition) is 2. The van der Waals surface area contributed by atoms with Crippen molar-refractivity contribution < 1.29 is 14.3 Å². The van der Waals surface area contributed by atoms with Crippen LogP contribution in [0.2, 0.25) is 0 Å². The molecule has 0 aromatic carbocycles. The van der Waals surface area contributed by atoms with E-state index in [1.807, 2.05) is 18.7 Å². The van der Waals surface area contributed by atoms with Crippen molar-refractivity contribution in [3.63, 3.8) is 0 Å². The van der Waals surface area contributed by atoms with Gasteiger partial charge in [0, 0.05) is 64.6 Å². The van der Waals surface area contributed by atoms with Crippen LogP contribution < -0.4 is 10.6 Å². The number of carbonyl (C=O) groups is 1. The number of nitrogens with zero attached hydrogens (tertiary/aromatic N) is 2. The number of nitrogens with one attached hydrogen (secondary N) is 2. The summed E-state index contributed by atoms with van der Waals surface area (Å²) in [6.45, 7) is 12.5. The van der Waals surface area contributed by atoms with Crippen LogP contribution >= 0.6 is 24.0 Å². The van der Waals surface area contributed by atoms with E-state index >= 15 is 0 Å². The van der Waals surface area contributed by atoms with Gasteiger partial charge in [-0.3, -0.25) is 9.79 Å². The first kappa shape index (κ1) is 25.4. The highest BCUT2D eigenvalue weighted by atomic mass is 127. The fourth-order valence-corrected chi connectivity index (χ4v) is 3.48. The van der Waals surface area contributed by atoms with Gasteiger partial charge in [0.1, 0.15) is 0 Å². The van der Waals surface area contributed by atoms with Gasteiger partial charge in [-0.05, 0) is 38.5 Å². The maximum atomic E-state index is 12.1. The SMILES string of the molecule is CCNC(=NCCCOCC1CCOCC1)NC1CCN(C(=O)C(C)C)C1.I. The third-order valence-electron chi connectivity index (χ3n) is 5.09. The van der Waals surface area contributed by atoms with Gasteiger partial charge >= 0.3 is 0 Å². The predicted molar refractivity (Wildman–Crippen MR) is 123 cm³/mol. The first-order valence-electron chi connectivity index (χ1n) is 10.6. The molecule has 1 unspecified atom stereocenters. The van der Waals surface area contributed by atoms with Gasteiger partial charge in [-0.1, -0.05) is 13.8 Å². The van der Waals surface area contributed by atoms with E-state index in [1.54, 1.807) is 0 Å². The molecule has 7 nitrogen and oxygen atoms in total. The molecule has 1 amide bonds. The normalized spacial score (nSPS) is 20.9. The molecule has 2 aliphatic heterocycles. The highest BCUT2D eigenvalue weighted by molar-refractivity contribution is 14.0. The lowest BCUT2D eigenvalue weighted by Gasteiger charge is -2.21. The number of carbonyl (C=O) groups excluding carboxylic acids is 1. The molecule has 0 bridgehead atoms. The molecule has 2 N–H and O–H groups in total. The van der Waals surface area contributed by atoms with E-state index in [2.05, 4.69) is 22.5 Å². The van der Waals surface area contributed by atoms with E-state index in [0.717, 1.165) is 84.2 Å². The molecular formula is C20H39IN4O3. The van der Waals surface area contributed by atoms with Crippen molar-refractivity contribution in [1.82, 2.24) is 15.5 Å². The molecule has 0 aliphatic carbocycles. The smallest absolute Gasteiger partial charge is 0.225 e. The Labute approximate surface area is 187 Å². The maximum absolute atomic E-state index is 12.1. The second-order valence-electron chi connectivity index (χ2n) is 7.81. The van der Waals surface area contributed by atoms with Gasteiger partial charge in [0.15, 0.2) is 5.96 Å². The highest BCUT2D eigenvalue weighted by Crippen LogP contribution is 2.15. The van der Waals surface area contributed by atoms with E-state index in [4.69, 9.17) is 9.47 Å². The Morgan fingerprint density at radius 1 is 1.29 bits per heavy atom. The van der Waals surface area contributed by atoms with Crippen molar-refractivity contribution in [3.05, 3.63) is 0 Å². The molecule has 2 fully saturated rings. The zero-order valence-corrected chi connectivity index (χ0v) is 20.1. The van der Waals surface area contributed by atoms with Gasteiger partial charge in [-0.15, -0.1) is 24.0 Å². The summed E-state index contributed by atoms with van der Waals surface area (Å²) in [7, 11) is 0. The van der Waals surface area contributed by atoms with Crippen molar-refractivity contribution >= 4 is 35.8 Å². The molecular weight excluding hydrogens is 471 g/mol. The Hall–Kier alpha value is -0.610. The van der Waals surface area contributed by atoms with Crippen LogP contribution in [0.3, 0.4) is 0 Å². The molecule has 2 aliphatic rings. The molecule has 2 saturated heterocycles. The zero-order valence-electron chi connectivity index (χ0n) is 17.7. The van der Waals surface area contributed by atoms with Crippen LogP contribution in [0.5, 0.6) is 0 Å². The molecule has 0 radical (unpaired) electrons. The summed E-state index contributed by atoms with van der Waals surface area (Å²) >= 11 is 0. The fraction of sp³-hybridized carbons (Fsp3) is 0.900. The van der Waals surface area contributed by atoms with Crippen LogP contribution in [-0.4, -0.2) is 75.4 Å². The van der Waals surface area contributed by atoms with Crippen LogP contribution in [0.15, 0.2) is 4.99 Å². The number of ether oxygens (including phenoxy) is 2. The lowest BCUT2D eigenvalue weighted by atomic mass is 10.0. The third-order valence-corrected chi connectivity index (χ3v) is 5.09. The van der Waals surface area contributed by atoms with E-state index in [-0.39, 0.29) is 41.8 Å². The van der Waals surface area contributed by atoms with Crippen LogP contribution in [-0.2, 0) is 14.3 Å². The summed E-state index contributed by atoms with van der Waals surface area (Å²) in [4.78, 5) is 18.7. The molecule has 0 spiro atoms. The van der Waals surface area contributed by atoms with Gasteiger partial charge in [0.05, 0.1) is 0 Å². The predicted octanol–water partition coefficient (Wildman–Crippen LogP) is 2.25. The number of rotatable bonds is 9. The van der Waals surface area contributed by atoms with Crippen molar-refractivity contribution in [2.45, 2.75) is 52.5 Å². The topological polar surface area (TPSA) is 75.2 Å². The third kappa shape index (κ3) is 9.26. The number of halogens is 1. The second kappa shape index (κ2) is 14.4. The number of guanidine groups is 1. The van der Waals surface area contributed by atoms with Crippen LogP contribution in [0, 0.1) is 11.8 Å². The summed E-state index contributed by atoms with van der Waals surface area (Å²) in [5.41, 5.74) is 0. The Bertz CT molecular complexity index is 470. The summed E-state index contributed by atoms with van der Waals surface area (Å²) in [6.07, 6.45) is 4.12. The molecule has 8 heteroatoms. The Morgan fingerprint density at radius 3 is 2.71 bits per heavy atom. The summed E-state index contributed by atoms with van der Waals surface area (Å²) < 4.78 is 11.2. The first-order valence-corrected chi connectivity index (χ1v) is 10.6. The van der Waals surface area contributed by atoms with E-state index in [0.29, 0.717) is 5.92 Å². The van der Waals surface area contributed by atoms with E-state index in [1.165, 1.54) is 0 Å². The number of amides is 1. The highest BCUT2D eigenvalue weighted by Gasteiger charge is 2.27. The van der Waals surface area contributed by atoms with Crippen LogP contribution in [0.25, 0.3) is 0 Å². The number of aliphatic imine (C=N–C) groups is 1. The molecule has 1 atom stereocenters. The fourth-order valence-electron chi connectivity index (χ4n) is 3.48. The van der Waals surface area contributed by atoms with Gasteiger partial charge < -0.3 is 25.0 Å². The van der Waals surface area contributed by atoms with Crippen molar-refractivity contribution in [2.75, 3.05) is 52.6 Å². The van der Waals surface area contributed by atoms with Crippen molar-refractivity contribution in [3.8, 4) is 0 Å². The summed E-state index contributed by atoms with van der Waals surface area (Å²) in [5, 5.41) is 6.77. The van der Waals surface area contributed by atoms with Gasteiger partial charge in [0.2, 0.25) is 5.91 Å². The summed E-state index contributed by atoms with van der Waals surface area (Å²) in [6, 6.07) is 0.273. The minimum absolute atomic E-state index is 0. The molecule has 164 valence electrons. The van der Waals surface area contributed by atoms with Gasteiger partial charge in [-0.25, -0.2) is 0 Å². The molecule has 0 aromatic rings. The molecule has 0 saturated carbocycles. The van der Waals surface area contributed by atoms with E-state index < -0.39 is 0 Å². The molecule has 28 heavy (non-hydrogen) atoms. The molecule has 0 aromatic heterocycles. The second-order valence-corrected chi connectivity index (χ2v) is 7.81. The Kier molecular flexibility index (Phi) is 13.1. The van der Waals surface area contributed by atoms with E-state index in [9.17, 15) is 4.79 Å². The minimum atomic E-state index is 0. The Morgan fingerprint density at radius 2 is 2.04 bits per heavy atom. The van der Waals surface area contributed by atoms with Crippen molar-refractivity contribution in [2.24, 2.45) is 16.8 Å². The monoisotopic (exact) mass is 510 g/mol. The lowest BCUT2D eigenvalue weighted by molar-refractivity contribution is -0.133. The molecule has 2 heterocycles. The maximum Gasteiger partial charge on any atom is 0.225 e. The zero-order chi connectivity index (χ0) is 19.5.